The minimum atomic E-state index is -0.0571. The van der Waals surface area contributed by atoms with Crippen molar-refractivity contribution in [3.8, 4) is 11.5 Å². The smallest absolute Gasteiger partial charge is 0.258 e. The van der Waals surface area contributed by atoms with Crippen LogP contribution in [-0.4, -0.2) is 43.1 Å². The minimum Gasteiger partial charge on any atom is -0.489 e. The average molecular weight is 383 g/mol. The largest absolute Gasteiger partial charge is 0.489 e. The number of ether oxygens (including phenoxy) is 2. The molecule has 5 heteroatoms. The van der Waals surface area contributed by atoms with Gasteiger partial charge in [0.1, 0.15) is 18.1 Å². The van der Waals surface area contributed by atoms with Crippen molar-refractivity contribution >= 4 is 5.91 Å². The first-order valence-electron chi connectivity index (χ1n) is 10.1. The van der Waals surface area contributed by atoms with Crippen LogP contribution in [0.5, 0.6) is 11.5 Å². The van der Waals surface area contributed by atoms with Crippen LogP contribution >= 0.6 is 0 Å². The summed E-state index contributed by atoms with van der Waals surface area (Å²) in [5.74, 6) is 1.39. The number of likely N-dealkylation sites (tertiary alicyclic amines) is 1. The van der Waals surface area contributed by atoms with Gasteiger partial charge in [-0.15, -0.1) is 0 Å². The molecule has 1 amide bonds. The summed E-state index contributed by atoms with van der Waals surface area (Å²) in [6, 6.07) is 17.7. The average Bonchev–Trinajstić information content (AvgIpc) is 2.74. The minimum absolute atomic E-state index is 0.0411. The molecule has 1 aliphatic rings. The maximum atomic E-state index is 12.1. The highest BCUT2D eigenvalue weighted by Gasteiger charge is 2.20. The molecule has 1 saturated heterocycles. The number of hydrogen-bond acceptors (Lipinski definition) is 4. The van der Waals surface area contributed by atoms with Gasteiger partial charge in [0, 0.05) is 19.1 Å². The van der Waals surface area contributed by atoms with Crippen LogP contribution in [0.25, 0.3) is 0 Å². The van der Waals surface area contributed by atoms with Crippen LogP contribution in [0, 0.1) is 0 Å². The summed E-state index contributed by atoms with van der Waals surface area (Å²) in [6.07, 6.45) is 3.21. The van der Waals surface area contributed by atoms with Gasteiger partial charge < -0.3 is 19.7 Å². The molecular weight excluding hydrogens is 352 g/mol. The lowest BCUT2D eigenvalue weighted by molar-refractivity contribution is -0.124. The van der Waals surface area contributed by atoms with Gasteiger partial charge in [-0.2, -0.15) is 0 Å². The van der Waals surface area contributed by atoms with Gasteiger partial charge in [0.25, 0.3) is 5.91 Å². The summed E-state index contributed by atoms with van der Waals surface area (Å²) in [4.78, 5) is 14.6. The van der Waals surface area contributed by atoms with Crippen LogP contribution in [0.2, 0.25) is 0 Å². The van der Waals surface area contributed by atoms with E-state index in [2.05, 4.69) is 17.1 Å². The molecule has 2 aromatic rings. The van der Waals surface area contributed by atoms with Crippen molar-refractivity contribution in [3.63, 3.8) is 0 Å². The van der Waals surface area contributed by atoms with Gasteiger partial charge in [0.05, 0.1) is 0 Å². The molecule has 1 heterocycles. The summed E-state index contributed by atoms with van der Waals surface area (Å²) in [7, 11) is 0. The van der Waals surface area contributed by atoms with Gasteiger partial charge >= 0.3 is 0 Å². The second-order valence-corrected chi connectivity index (χ2v) is 7.22. The summed E-state index contributed by atoms with van der Waals surface area (Å²) in [5, 5.41) is 3.09. The number of benzene rings is 2. The van der Waals surface area contributed by atoms with Gasteiger partial charge in [0.15, 0.2) is 6.61 Å². The van der Waals surface area contributed by atoms with E-state index in [-0.39, 0.29) is 18.6 Å². The van der Waals surface area contributed by atoms with Gasteiger partial charge in [0.2, 0.25) is 0 Å². The number of piperidine rings is 1. The molecule has 0 unspecified atom stereocenters. The van der Waals surface area contributed by atoms with Gasteiger partial charge in [-0.1, -0.05) is 37.3 Å². The fraction of sp³-hybridized carbons (Fsp3) is 0.435. The molecule has 3 rings (SSSR count). The van der Waals surface area contributed by atoms with E-state index in [1.807, 2.05) is 54.6 Å². The first-order chi connectivity index (χ1) is 13.7. The Labute approximate surface area is 167 Å². The van der Waals surface area contributed by atoms with Crippen LogP contribution < -0.4 is 14.8 Å². The van der Waals surface area contributed by atoms with E-state index >= 15 is 0 Å². The molecule has 150 valence electrons. The van der Waals surface area contributed by atoms with Crippen molar-refractivity contribution in [1.29, 1.82) is 0 Å². The first-order valence-corrected chi connectivity index (χ1v) is 10.1. The topological polar surface area (TPSA) is 50.8 Å². The number of carbonyl (C=O) groups excluding carboxylic acids is 1. The van der Waals surface area contributed by atoms with E-state index in [1.54, 1.807) is 0 Å². The predicted octanol–water partition coefficient (Wildman–Crippen LogP) is 3.64. The summed E-state index contributed by atoms with van der Waals surface area (Å²) < 4.78 is 11.4. The Hall–Kier alpha value is -2.53. The Morgan fingerprint density at radius 1 is 1.00 bits per heavy atom. The van der Waals surface area contributed by atoms with Crippen molar-refractivity contribution in [2.75, 3.05) is 26.2 Å². The molecule has 28 heavy (non-hydrogen) atoms. The predicted molar refractivity (Wildman–Crippen MR) is 111 cm³/mol. The molecule has 2 aromatic carbocycles. The van der Waals surface area contributed by atoms with Crippen LogP contribution in [0.15, 0.2) is 54.6 Å². The Morgan fingerprint density at radius 2 is 1.64 bits per heavy atom. The molecule has 1 aliphatic heterocycles. The summed E-state index contributed by atoms with van der Waals surface area (Å²) >= 11 is 0. The number of nitrogens with one attached hydrogen (secondary N) is 1. The third kappa shape index (κ3) is 6.57. The molecule has 0 spiro atoms. The van der Waals surface area contributed by atoms with Gasteiger partial charge in [-0.25, -0.2) is 0 Å². The van der Waals surface area contributed by atoms with Crippen molar-refractivity contribution in [3.05, 3.63) is 60.2 Å². The molecule has 1 fully saturated rings. The molecule has 5 nitrogen and oxygen atoms in total. The number of carbonyl (C=O) groups is 1. The molecular formula is C23H30N2O3. The standard InChI is InChI=1S/C23H30N2O3/c1-2-14-25-15-12-20(13-16-25)24-23(26)18-28-22-10-8-21(9-11-22)27-17-19-6-4-3-5-7-19/h3-11,20H,2,12-18H2,1H3,(H,24,26). The van der Waals surface area contributed by atoms with Crippen LogP contribution in [-0.2, 0) is 11.4 Å². The highest BCUT2D eigenvalue weighted by atomic mass is 16.5. The molecule has 1 N–H and O–H groups in total. The summed E-state index contributed by atoms with van der Waals surface area (Å²) in [6.45, 7) is 6.04. The van der Waals surface area contributed by atoms with E-state index in [0.29, 0.717) is 12.4 Å². The molecule has 0 bridgehead atoms. The monoisotopic (exact) mass is 382 g/mol. The lowest BCUT2D eigenvalue weighted by Crippen LogP contribution is -2.46. The van der Waals surface area contributed by atoms with Crippen LogP contribution in [0.3, 0.4) is 0 Å². The number of amides is 1. The molecule has 0 aliphatic carbocycles. The number of nitrogens with zero attached hydrogens (tertiary/aromatic N) is 1. The first kappa shape index (κ1) is 20.2. The lowest BCUT2D eigenvalue weighted by atomic mass is 10.0. The van der Waals surface area contributed by atoms with E-state index in [4.69, 9.17) is 9.47 Å². The highest BCUT2D eigenvalue weighted by molar-refractivity contribution is 5.77. The third-order valence-electron chi connectivity index (χ3n) is 4.93. The second-order valence-electron chi connectivity index (χ2n) is 7.22. The van der Waals surface area contributed by atoms with Crippen molar-refractivity contribution < 1.29 is 14.3 Å². The summed E-state index contributed by atoms with van der Waals surface area (Å²) in [5.41, 5.74) is 1.13. The Morgan fingerprint density at radius 3 is 2.29 bits per heavy atom. The highest BCUT2D eigenvalue weighted by Crippen LogP contribution is 2.19. The van der Waals surface area contributed by atoms with Crippen LogP contribution in [0.4, 0.5) is 0 Å². The lowest BCUT2D eigenvalue weighted by Gasteiger charge is -2.32. The van der Waals surface area contributed by atoms with Crippen molar-refractivity contribution in [1.82, 2.24) is 10.2 Å². The van der Waals surface area contributed by atoms with E-state index in [9.17, 15) is 4.79 Å². The third-order valence-corrected chi connectivity index (χ3v) is 4.93. The Balaban J connectivity index is 1.36. The Kier molecular flexibility index (Phi) is 7.73. The number of hydrogen-bond donors (Lipinski definition) is 1. The zero-order valence-electron chi connectivity index (χ0n) is 16.6. The zero-order valence-corrected chi connectivity index (χ0v) is 16.6. The van der Waals surface area contributed by atoms with Crippen LogP contribution in [0.1, 0.15) is 31.7 Å². The van der Waals surface area contributed by atoms with Crippen molar-refractivity contribution in [2.24, 2.45) is 0 Å². The quantitative estimate of drug-likeness (QED) is 0.719. The van der Waals surface area contributed by atoms with Crippen molar-refractivity contribution in [2.45, 2.75) is 38.8 Å². The SMILES string of the molecule is CCCN1CCC(NC(=O)COc2ccc(OCc3ccccc3)cc2)CC1. The fourth-order valence-corrected chi connectivity index (χ4v) is 3.41. The zero-order chi connectivity index (χ0) is 19.6. The van der Waals surface area contributed by atoms with E-state index in [1.165, 1.54) is 6.42 Å². The van der Waals surface area contributed by atoms with Gasteiger partial charge in [-0.3, -0.25) is 4.79 Å². The number of rotatable bonds is 9. The molecule has 0 saturated carbocycles. The second kappa shape index (κ2) is 10.7. The fourth-order valence-electron chi connectivity index (χ4n) is 3.41. The van der Waals surface area contributed by atoms with E-state index < -0.39 is 0 Å². The molecule has 0 radical (unpaired) electrons. The molecule has 0 atom stereocenters. The Bertz CT molecular complexity index is 710. The maximum absolute atomic E-state index is 12.1. The molecule has 0 aromatic heterocycles. The maximum Gasteiger partial charge on any atom is 0.258 e. The normalized spacial score (nSPS) is 15.2. The van der Waals surface area contributed by atoms with E-state index in [0.717, 1.165) is 43.8 Å². The van der Waals surface area contributed by atoms with Gasteiger partial charge in [-0.05, 0) is 55.6 Å².